The molecule has 166 valence electrons. The van der Waals surface area contributed by atoms with E-state index >= 15 is 0 Å². The molecule has 7 heteroatoms. The largest absolute Gasteiger partial charge is 0.382 e. The van der Waals surface area contributed by atoms with Crippen LogP contribution in [0.2, 0.25) is 0 Å². The van der Waals surface area contributed by atoms with Crippen molar-refractivity contribution in [3.63, 3.8) is 0 Å². The van der Waals surface area contributed by atoms with Crippen LogP contribution in [0.5, 0.6) is 0 Å². The molecule has 1 aromatic carbocycles. The molecule has 3 heterocycles. The number of nitrogens with zero attached hydrogens (tertiary/aromatic N) is 4. The predicted molar refractivity (Wildman–Crippen MR) is 128 cm³/mol. The number of nitrogen functional groups attached to an aromatic ring is 1. The first-order chi connectivity index (χ1) is 15.6. The molecule has 3 aromatic heterocycles. The first-order valence-electron chi connectivity index (χ1n) is 11.3. The highest BCUT2D eigenvalue weighted by Gasteiger charge is 2.17. The van der Waals surface area contributed by atoms with Gasteiger partial charge in [0.1, 0.15) is 22.4 Å². The van der Waals surface area contributed by atoms with Crippen LogP contribution >= 0.6 is 0 Å². The minimum atomic E-state index is -0.298. The summed E-state index contributed by atoms with van der Waals surface area (Å²) in [6, 6.07) is 11.9. The second-order valence-electron chi connectivity index (χ2n) is 8.22. The van der Waals surface area contributed by atoms with Crippen molar-refractivity contribution < 1.29 is 4.79 Å². The van der Waals surface area contributed by atoms with Crippen molar-refractivity contribution in [2.45, 2.75) is 58.4 Å². The van der Waals surface area contributed by atoms with Crippen LogP contribution in [0.15, 0.2) is 42.6 Å². The maximum atomic E-state index is 11.4. The molecule has 7 nitrogen and oxygen atoms in total. The number of unbranched alkanes of at least 4 members (excludes halogenated alkanes) is 2. The van der Waals surface area contributed by atoms with Crippen LogP contribution in [0.4, 0.5) is 5.82 Å². The van der Waals surface area contributed by atoms with Gasteiger partial charge in [0.2, 0.25) is 5.91 Å². The van der Waals surface area contributed by atoms with Gasteiger partial charge in [-0.25, -0.2) is 9.97 Å². The predicted octanol–water partition coefficient (Wildman–Crippen LogP) is 3.96. The summed E-state index contributed by atoms with van der Waals surface area (Å²) in [5, 5.41) is 0. The van der Waals surface area contributed by atoms with Crippen molar-refractivity contribution in [2.75, 3.05) is 5.73 Å². The summed E-state index contributed by atoms with van der Waals surface area (Å²) >= 11 is 0. The number of primary amides is 1. The Morgan fingerprint density at radius 3 is 2.56 bits per heavy atom. The maximum Gasteiger partial charge on any atom is 0.221 e. The summed E-state index contributed by atoms with van der Waals surface area (Å²) in [4.78, 5) is 25.4. The van der Waals surface area contributed by atoms with E-state index in [2.05, 4.69) is 27.5 Å². The van der Waals surface area contributed by atoms with Crippen LogP contribution in [-0.2, 0) is 30.6 Å². The maximum absolute atomic E-state index is 11.4. The summed E-state index contributed by atoms with van der Waals surface area (Å²) < 4.78 is 2.29. The third kappa shape index (κ3) is 4.56. The second kappa shape index (κ2) is 9.77. The zero-order valence-corrected chi connectivity index (χ0v) is 18.6. The van der Waals surface area contributed by atoms with Gasteiger partial charge in [-0.2, -0.15) is 0 Å². The van der Waals surface area contributed by atoms with E-state index in [0.717, 1.165) is 78.5 Å². The number of hydrogen-bond acceptors (Lipinski definition) is 5. The highest BCUT2D eigenvalue weighted by Crippen LogP contribution is 2.28. The van der Waals surface area contributed by atoms with Gasteiger partial charge in [-0.15, -0.1) is 0 Å². The van der Waals surface area contributed by atoms with Gasteiger partial charge in [0.05, 0.1) is 11.9 Å². The fourth-order valence-corrected chi connectivity index (χ4v) is 4.28. The molecular weight excluding hydrogens is 400 g/mol. The molecule has 32 heavy (non-hydrogen) atoms. The van der Waals surface area contributed by atoms with Crippen LogP contribution in [0.25, 0.3) is 22.1 Å². The van der Waals surface area contributed by atoms with Gasteiger partial charge in [-0.3, -0.25) is 9.78 Å². The van der Waals surface area contributed by atoms with Crippen molar-refractivity contribution >= 4 is 33.8 Å². The highest BCUT2D eigenvalue weighted by molar-refractivity contribution is 6.04. The number of imidazole rings is 1. The topological polar surface area (TPSA) is 113 Å². The average Bonchev–Trinajstić information content (AvgIpc) is 3.15. The summed E-state index contributed by atoms with van der Waals surface area (Å²) in [6.07, 6.45) is 8.03. The molecular formula is C25H30N6O. The van der Waals surface area contributed by atoms with Gasteiger partial charge in [0.25, 0.3) is 0 Å². The molecule has 0 saturated carbocycles. The van der Waals surface area contributed by atoms with Gasteiger partial charge in [-0.05, 0) is 48.9 Å². The fraction of sp³-hybridized carbons (Fsp3) is 0.360. The molecule has 4 N–H and O–H groups in total. The summed E-state index contributed by atoms with van der Waals surface area (Å²) in [7, 11) is 0. The Hall–Kier alpha value is -3.48. The number of amides is 1. The first-order valence-corrected chi connectivity index (χ1v) is 11.3. The number of hydrogen-bond donors (Lipinski definition) is 2. The normalized spacial score (nSPS) is 11.4. The van der Waals surface area contributed by atoms with Crippen LogP contribution in [0.1, 0.15) is 49.6 Å². The minimum absolute atomic E-state index is 0.285. The Kier molecular flexibility index (Phi) is 6.63. The van der Waals surface area contributed by atoms with Crippen molar-refractivity contribution in [3.8, 4) is 0 Å². The van der Waals surface area contributed by atoms with E-state index in [9.17, 15) is 4.79 Å². The third-order valence-electron chi connectivity index (χ3n) is 5.86. The number of carbonyl (C=O) groups excluding carboxylic acids is 1. The Morgan fingerprint density at radius 1 is 0.969 bits per heavy atom. The lowest BCUT2D eigenvalue weighted by atomic mass is 9.99. The average molecular weight is 431 g/mol. The Morgan fingerprint density at radius 2 is 1.78 bits per heavy atom. The van der Waals surface area contributed by atoms with E-state index in [1.807, 2.05) is 30.3 Å². The van der Waals surface area contributed by atoms with E-state index in [4.69, 9.17) is 16.5 Å². The number of anilines is 1. The van der Waals surface area contributed by atoms with Gasteiger partial charge >= 0.3 is 0 Å². The van der Waals surface area contributed by atoms with Crippen LogP contribution in [0, 0.1) is 0 Å². The fourth-order valence-electron chi connectivity index (χ4n) is 4.28. The van der Waals surface area contributed by atoms with Crippen molar-refractivity contribution in [3.05, 3.63) is 59.5 Å². The monoisotopic (exact) mass is 430 g/mol. The number of pyridine rings is 2. The van der Waals surface area contributed by atoms with E-state index in [1.165, 1.54) is 5.56 Å². The molecule has 0 aliphatic heterocycles. The standard InChI is InChI=1S/C25H30N6O/c1-2-3-13-21-30-23-24(22-19(29-25(23)27)12-8-14-28-22)31(21)15-7-6-10-17-9-4-5-11-18(17)16-20(26)32/h4-5,8-9,11-12,14H,2-3,6-7,10,13,15-16H2,1H3,(H2,26,32)(H2,27,29). The van der Waals surface area contributed by atoms with Crippen LogP contribution in [0.3, 0.4) is 0 Å². The molecule has 0 bridgehead atoms. The zero-order chi connectivity index (χ0) is 22.5. The van der Waals surface area contributed by atoms with E-state index < -0.39 is 0 Å². The lowest BCUT2D eigenvalue weighted by Crippen LogP contribution is -2.14. The Labute approximate surface area is 187 Å². The Balaban J connectivity index is 1.59. The molecule has 0 radical (unpaired) electrons. The number of rotatable bonds is 10. The number of aryl methyl sites for hydroxylation is 3. The zero-order valence-electron chi connectivity index (χ0n) is 18.6. The van der Waals surface area contributed by atoms with Crippen LogP contribution < -0.4 is 11.5 Å². The molecule has 1 amide bonds. The molecule has 0 saturated heterocycles. The smallest absolute Gasteiger partial charge is 0.221 e. The number of aromatic nitrogens is 4. The summed E-state index contributed by atoms with van der Waals surface area (Å²) in [5.74, 6) is 1.20. The quantitative estimate of drug-likeness (QED) is 0.370. The number of benzene rings is 1. The molecule has 0 aliphatic rings. The molecule has 0 spiro atoms. The third-order valence-corrected chi connectivity index (χ3v) is 5.86. The van der Waals surface area contributed by atoms with Crippen molar-refractivity contribution in [1.29, 1.82) is 0 Å². The number of fused-ring (bicyclic) bond motifs is 3. The molecule has 0 unspecified atom stereocenters. The molecule has 0 fully saturated rings. The molecule has 4 rings (SSSR count). The van der Waals surface area contributed by atoms with Crippen molar-refractivity contribution in [2.24, 2.45) is 5.73 Å². The lowest BCUT2D eigenvalue weighted by molar-refractivity contribution is -0.117. The van der Waals surface area contributed by atoms with Gasteiger partial charge < -0.3 is 16.0 Å². The molecule has 4 aromatic rings. The Bertz CT molecular complexity index is 1250. The van der Waals surface area contributed by atoms with Gasteiger partial charge in [-0.1, -0.05) is 37.6 Å². The second-order valence-corrected chi connectivity index (χ2v) is 8.22. The van der Waals surface area contributed by atoms with Crippen LogP contribution in [-0.4, -0.2) is 25.4 Å². The van der Waals surface area contributed by atoms with Gasteiger partial charge in [0, 0.05) is 19.2 Å². The van der Waals surface area contributed by atoms with Gasteiger partial charge in [0.15, 0.2) is 5.82 Å². The summed E-state index contributed by atoms with van der Waals surface area (Å²) in [5.41, 5.74) is 17.2. The van der Waals surface area contributed by atoms with E-state index in [1.54, 1.807) is 6.20 Å². The molecule has 0 atom stereocenters. The highest BCUT2D eigenvalue weighted by atomic mass is 16.1. The lowest BCUT2D eigenvalue weighted by Gasteiger charge is -2.11. The van der Waals surface area contributed by atoms with E-state index in [0.29, 0.717) is 5.82 Å². The number of carbonyl (C=O) groups is 1. The number of nitrogens with two attached hydrogens (primary N) is 2. The van der Waals surface area contributed by atoms with Crippen molar-refractivity contribution in [1.82, 2.24) is 19.5 Å². The first kappa shape index (κ1) is 21.7. The molecule has 0 aliphatic carbocycles. The minimum Gasteiger partial charge on any atom is -0.382 e. The SMILES string of the molecule is CCCCc1nc2c(N)nc3cccnc3c2n1CCCCc1ccccc1CC(N)=O. The van der Waals surface area contributed by atoms with E-state index in [-0.39, 0.29) is 12.3 Å². The summed E-state index contributed by atoms with van der Waals surface area (Å²) in [6.45, 7) is 3.02.